The molecule has 22 heavy (non-hydrogen) atoms. The molecule has 0 heterocycles. The summed E-state index contributed by atoms with van der Waals surface area (Å²) in [7, 11) is 1.72. The normalized spacial score (nSPS) is 13.4. The molecule has 0 bridgehead atoms. The first-order valence-electron chi connectivity index (χ1n) is 8.38. The number of methoxy groups -OCH3 is 1. The van der Waals surface area contributed by atoms with Crippen LogP contribution in [0.5, 0.6) is 5.75 Å². The monoisotopic (exact) mass is 307 g/mol. The van der Waals surface area contributed by atoms with E-state index in [1.807, 2.05) is 18.2 Å². The highest BCUT2D eigenvalue weighted by atomic mass is 16.5. The standard InChI is InChI=1S/C19H33NO2/c1-14(2)19(17-10-8-9-11-18(17)21-7)22-13-12-20(15(3)4)16(5)6/h8-11,14-16,19H,12-13H2,1-7H3. The second kappa shape index (κ2) is 9.16. The van der Waals surface area contributed by atoms with E-state index in [0.717, 1.165) is 24.5 Å². The highest BCUT2D eigenvalue weighted by Crippen LogP contribution is 2.32. The van der Waals surface area contributed by atoms with Gasteiger partial charge in [-0.15, -0.1) is 0 Å². The molecule has 0 N–H and O–H groups in total. The lowest BCUT2D eigenvalue weighted by Gasteiger charge is -2.31. The highest BCUT2D eigenvalue weighted by molar-refractivity contribution is 5.35. The molecule has 1 unspecified atom stereocenters. The van der Waals surface area contributed by atoms with Gasteiger partial charge in [0.15, 0.2) is 0 Å². The number of hydrogen-bond acceptors (Lipinski definition) is 3. The summed E-state index contributed by atoms with van der Waals surface area (Å²) in [6, 6.07) is 9.22. The van der Waals surface area contributed by atoms with Crippen molar-refractivity contribution in [1.29, 1.82) is 0 Å². The van der Waals surface area contributed by atoms with E-state index in [9.17, 15) is 0 Å². The fraction of sp³-hybridized carbons (Fsp3) is 0.684. The molecule has 0 radical (unpaired) electrons. The number of benzene rings is 1. The molecule has 3 heteroatoms. The first kappa shape index (κ1) is 19.0. The SMILES string of the molecule is COc1ccccc1C(OCCN(C(C)C)C(C)C)C(C)C. The van der Waals surface area contributed by atoms with Crippen LogP contribution in [-0.4, -0.2) is 37.2 Å². The van der Waals surface area contributed by atoms with E-state index >= 15 is 0 Å². The largest absolute Gasteiger partial charge is 0.496 e. The van der Waals surface area contributed by atoms with Crippen LogP contribution in [0.4, 0.5) is 0 Å². The lowest BCUT2D eigenvalue weighted by molar-refractivity contribution is -0.000754. The molecular weight excluding hydrogens is 274 g/mol. The van der Waals surface area contributed by atoms with Crippen molar-refractivity contribution < 1.29 is 9.47 Å². The Balaban J connectivity index is 2.73. The van der Waals surface area contributed by atoms with Gasteiger partial charge in [-0.05, 0) is 39.7 Å². The minimum atomic E-state index is 0.0670. The maximum Gasteiger partial charge on any atom is 0.124 e. The van der Waals surface area contributed by atoms with Gasteiger partial charge in [0.05, 0.1) is 19.8 Å². The molecule has 1 atom stereocenters. The molecule has 126 valence electrons. The number of nitrogens with zero attached hydrogens (tertiary/aromatic N) is 1. The Labute approximate surface area is 136 Å². The van der Waals surface area contributed by atoms with Crippen molar-refractivity contribution >= 4 is 0 Å². The van der Waals surface area contributed by atoms with Gasteiger partial charge in [0, 0.05) is 24.2 Å². The molecule has 1 aromatic rings. The van der Waals surface area contributed by atoms with Crippen LogP contribution in [0.1, 0.15) is 53.2 Å². The van der Waals surface area contributed by atoms with Gasteiger partial charge in [0.2, 0.25) is 0 Å². The minimum Gasteiger partial charge on any atom is -0.496 e. The fourth-order valence-electron chi connectivity index (χ4n) is 2.94. The van der Waals surface area contributed by atoms with Crippen LogP contribution >= 0.6 is 0 Å². The van der Waals surface area contributed by atoms with E-state index in [1.165, 1.54) is 0 Å². The third kappa shape index (κ3) is 5.29. The van der Waals surface area contributed by atoms with Gasteiger partial charge in [-0.1, -0.05) is 32.0 Å². The van der Waals surface area contributed by atoms with Crippen LogP contribution in [0.25, 0.3) is 0 Å². The molecule has 0 saturated carbocycles. The summed E-state index contributed by atoms with van der Waals surface area (Å²) >= 11 is 0. The van der Waals surface area contributed by atoms with E-state index in [-0.39, 0.29) is 6.10 Å². The van der Waals surface area contributed by atoms with Gasteiger partial charge in [-0.2, -0.15) is 0 Å². The van der Waals surface area contributed by atoms with Crippen molar-refractivity contribution in [3.63, 3.8) is 0 Å². The fourth-order valence-corrected chi connectivity index (χ4v) is 2.94. The Hall–Kier alpha value is -1.06. The molecule has 0 aliphatic rings. The molecule has 0 amide bonds. The molecule has 3 nitrogen and oxygen atoms in total. The molecule has 0 aromatic heterocycles. The van der Waals surface area contributed by atoms with Crippen molar-refractivity contribution in [2.75, 3.05) is 20.3 Å². The third-order valence-corrected chi connectivity index (χ3v) is 4.02. The Morgan fingerprint density at radius 1 is 0.955 bits per heavy atom. The average molecular weight is 307 g/mol. The summed E-state index contributed by atoms with van der Waals surface area (Å²) < 4.78 is 11.7. The zero-order valence-corrected chi connectivity index (χ0v) is 15.3. The molecule has 0 saturated heterocycles. The van der Waals surface area contributed by atoms with Gasteiger partial charge in [-0.3, -0.25) is 4.90 Å². The second-order valence-corrected chi connectivity index (χ2v) is 6.70. The van der Waals surface area contributed by atoms with E-state index < -0.39 is 0 Å². The Morgan fingerprint density at radius 3 is 2.05 bits per heavy atom. The summed E-state index contributed by atoms with van der Waals surface area (Å²) in [4.78, 5) is 2.46. The van der Waals surface area contributed by atoms with Crippen LogP contribution < -0.4 is 4.74 Å². The molecule has 0 spiro atoms. The van der Waals surface area contributed by atoms with Crippen molar-refractivity contribution in [1.82, 2.24) is 4.90 Å². The zero-order chi connectivity index (χ0) is 16.7. The topological polar surface area (TPSA) is 21.7 Å². The van der Waals surface area contributed by atoms with Gasteiger partial charge in [0.25, 0.3) is 0 Å². The van der Waals surface area contributed by atoms with Crippen molar-refractivity contribution in [2.24, 2.45) is 5.92 Å². The predicted molar refractivity (Wildman–Crippen MR) is 93.5 cm³/mol. The molecule has 1 aromatic carbocycles. The van der Waals surface area contributed by atoms with E-state index in [0.29, 0.717) is 18.0 Å². The second-order valence-electron chi connectivity index (χ2n) is 6.70. The average Bonchev–Trinajstić information content (AvgIpc) is 2.46. The summed E-state index contributed by atoms with van der Waals surface area (Å²) in [5, 5.41) is 0. The quantitative estimate of drug-likeness (QED) is 0.669. The van der Waals surface area contributed by atoms with Crippen LogP contribution in [0, 0.1) is 5.92 Å². The molecule has 1 rings (SSSR count). The highest BCUT2D eigenvalue weighted by Gasteiger charge is 2.21. The maximum atomic E-state index is 6.24. The lowest BCUT2D eigenvalue weighted by Crippen LogP contribution is -2.39. The van der Waals surface area contributed by atoms with Gasteiger partial charge >= 0.3 is 0 Å². The summed E-state index contributed by atoms with van der Waals surface area (Å²) in [6.45, 7) is 15.0. The van der Waals surface area contributed by atoms with E-state index in [4.69, 9.17) is 9.47 Å². The summed E-state index contributed by atoms with van der Waals surface area (Å²) in [5.74, 6) is 1.31. The van der Waals surface area contributed by atoms with Gasteiger partial charge in [-0.25, -0.2) is 0 Å². The summed E-state index contributed by atoms with van der Waals surface area (Å²) in [5.41, 5.74) is 1.14. The van der Waals surface area contributed by atoms with E-state index in [1.54, 1.807) is 7.11 Å². The zero-order valence-electron chi connectivity index (χ0n) is 15.3. The van der Waals surface area contributed by atoms with Crippen LogP contribution in [-0.2, 0) is 4.74 Å². The minimum absolute atomic E-state index is 0.0670. The number of rotatable bonds is 9. The molecule has 0 aliphatic carbocycles. The maximum absolute atomic E-state index is 6.24. The van der Waals surface area contributed by atoms with E-state index in [2.05, 4.69) is 52.5 Å². The first-order valence-corrected chi connectivity index (χ1v) is 8.38. The van der Waals surface area contributed by atoms with Gasteiger partial charge in [0.1, 0.15) is 5.75 Å². The number of para-hydroxylation sites is 1. The molecule has 0 aliphatic heterocycles. The smallest absolute Gasteiger partial charge is 0.124 e. The van der Waals surface area contributed by atoms with Crippen LogP contribution in [0.2, 0.25) is 0 Å². The Bertz CT molecular complexity index is 421. The lowest BCUT2D eigenvalue weighted by atomic mass is 9.98. The first-order chi connectivity index (χ1) is 10.4. The van der Waals surface area contributed by atoms with Crippen LogP contribution in [0.15, 0.2) is 24.3 Å². The van der Waals surface area contributed by atoms with Crippen molar-refractivity contribution in [2.45, 2.75) is 59.7 Å². The van der Waals surface area contributed by atoms with Crippen LogP contribution in [0.3, 0.4) is 0 Å². The Kier molecular flexibility index (Phi) is 7.91. The third-order valence-electron chi connectivity index (χ3n) is 4.02. The van der Waals surface area contributed by atoms with Gasteiger partial charge < -0.3 is 9.47 Å². The summed E-state index contributed by atoms with van der Waals surface area (Å²) in [6.07, 6.45) is 0.0670. The van der Waals surface area contributed by atoms with Crippen molar-refractivity contribution in [3.05, 3.63) is 29.8 Å². The predicted octanol–water partition coefficient (Wildman–Crippen LogP) is 4.53. The number of ether oxygens (including phenoxy) is 2. The Morgan fingerprint density at radius 2 is 1.55 bits per heavy atom. The number of hydrogen-bond donors (Lipinski definition) is 0. The molecule has 0 fully saturated rings. The molecular formula is C19H33NO2. The van der Waals surface area contributed by atoms with Crippen molar-refractivity contribution in [3.8, 4) is 5.75 Å².